The Bertz CT molecular complexity index is 503. The molecular weight excluding hydrogens is 264 g/mol. The van der Waals surface area contributed by atoms with E-state index in [9.17, 15) is 0 Å². The first-order valence-corrected chi connectivity index (χ1v) is 8.08. The molecule has 4 rings (SSSR count). The van der Waals surface area contributed by atoms with Gasteiger partial charge < -0.3 is 9.47 Å². The average Bonchev–Trinajstić information content (AvgIpc) is 3.19. The molecule has 0 amide bonds. The molecule has 0 unspecified atom stereocenters. The molecule has 2 atom stereocenters. The molecule has 0 radical (unpaired) electrons. The third-order valence-corrected chi connectivity index (χ3v) is 4.84. The van der Waals surface area contributed by atoms with Crippen LogP contribution in [0.15, 0.2) is 24.3 Å². The summed E-state index contributed by atoms with van der Waals surface area (Å²) in [7, 11) is 2.22. The predicted molar refractivity (Wildman–Crippen MR) is 81.5 cm³/mol. The summed E-state index contributed by atoms with van der Waals surface area (Å²) in [6.07, 6.45) is 3.25. The zero-order valence-corrected chi connectivity index (χ0v) is 12.7. The number of likely N-dealkylation sites (N-methyl/N-ethyl adjacent to an activating group) is 1. The zero-order valence-electron chi connectivity index (χ0n) is 12.7. The molecule has 1 aliphatic carbocycles. The van der Waals surface area contributed by atoms with Gasteiger partial charge in [0.2, 0.25) is 0 Å². The minimum Gasteiger partial charge on any atom is -0.490 e. The number of rotatable bonds is 4. The molecule has 0 aromatic heterocycles. The van der Waals surface area contributed by atoms with Gasteiger partial charge in [0.25, 0.3) is 0 Å². The van der Waals surface area contributed by atoms with Gasteiger partial charge in [-0.05, 0) is 26.0 Å². The molecule has 2 saturated heterocycles. The number of hydrogen-bond donors (Lipinski definition) is 0. The Morgan fingerprint density at radius 3 is 2.90 bits per heavy atom. The van der Waals surface area contributed by atoms with E-state index in [1.807, 2.05) is 0 Å². The minimum atomic E-state index is 0.375. The first kappa shape index (κ1) is 13.6. The van der Waals surface area contributed by atoms with Crippen LogP contribution < -0.4 is 4.74 Å². The zero-order chi connectivity index (χ0) is 14.2. The van der Waals surface area contributed by atoms with E-state index in [0.29, 0.717) is 18.2 Å². The molecule has 0 N–H and O–H groups in total. The van der Waals surface area contributed by atoms with Crippen molar-refractivity contribution in [3.8, 4) is 5.75 Å². The van der Waals surface area contributed by atoms with Crippen LogP contribution in [0, 0.1) is 0 Å². The van der Waals surface area contributed by atoms with Crippen molar-refractivity contribution >= 4 is 0 Å². The Labute approximate surface area is 126 Å². The third kappa shape index (κ3) is 2.93. The van der Waals surface area contributed by atoms with Crippen molar-refractivity contribution in [3.05, 3.63) is 29.8 Å². The number of para-hydroxylation sites is 1. The highest BCUT2D eigenvalue weighted by atomic mass is 16.5. The Hall–Kier alpha value is -1.10. The van der Waals surface area contributed by atoms with E-state index in [1.165, 1.54) is 18.4 Å². The summed E-state index contributed by atoms with van der Waals surface area (Å²) in [6, 6.07) is 9.04. The Morgan fingerprint density at radius 1 is 1.24 bits per heavy atom. The van der Waals surface area contributed by atoms with Crippen molar-refractivity contribution in [3.63, 3.8) is 0 Å². The summed E-state index contributed by atoms with van der Waals surface area (Å²) in [6.45, 7) is 5.02. The van der Waals surface area contributed by atoms with E-state index in [1.54, 1.807) is 0 Å². The number of morpholine rings is 1. The van der Waals surface area contributed by atoms with Gasteiger partial charge in [-0.25, -0.2) is 0 Å². The highest BCUT2D eigenvalue weighted by molar-refractivity contribution is 5.34. The van der Waals surface area contributed by atoms with Crippen molar-refractivity contribution in [2.45, 2.75) is 37.6 Å². The third-order valence-electron chi connectivity index (χ3n) is 4.84. The summed E-state index contributed by atoms with van der Waals surface area (Å²) in [5.41, 5.74) is 1.31. The van der Waals surface area contributed by atoms with Gasteiger partial charge in [-0.2, -0.15) is 0 Å². The van der Waals surface area contributed by atoms with Crippen molar-refractivity contribution in [1.29, 1.82) is 0 Å². The molecule has 3 aliphatic rings. The molecule has 1 aromatic carbocycles. The fourth-order valence-corrected chi connectivity index (χ4v) is 3.42. The molecule has 4 heteroatoms. The van der Waals surface area contributed by atoms with Crippen LogP contribution in [0.3, 0.4) is 0 Å². The van der Waals surface area contributed by atoms with Gasteiger partial charge in [0.15, 0.2) is 0 Å². The van der Waals surface area contributed by atoms with Crippen LogP contribution in [-0.2, 0) is 11.3 Å². The number of ether oxygens (including phenoxy) is 2. The topological polar surface area (TPSA) is 24.9 Å². The first-order valence-electron chi connectivity index (χ1n) is 8.08. The Balaban J connectivity index is 1.44. The van der Waals surface area contributed by atoms with Gasteiger partial charge in [-0.1, -0.05) is 18.2 Å². The maximum Gasteiger partial charge on any atom is 0.124 e. The molecule has 0 spiro atoms. The molecule has 0 bridgehead atoms. The van der Waals surface area contributed by atoms with E-state index in [4.69, 9.17) is 9.47 Å². The number of nitrogens with zero attached hydrogens (tertiary/aromatic N) is 2. The lowest BCUT2D eigenvalue weighted by atomic mass is 10.1. The van der Waals surface area contributed by atoms with Crippen LogP contribution in [0.2, 0.25) is 0 Å². The summed E-state index contributed by atoms with van der Waals surface area (Å²) < 4.78 is 12.0. The Morgan fingerprint density at radius 2 is 2.10 bits per heavy atom. The molecule has 2 aliphatic heterocycles. The molecule has 21 heavy (non-hydrogen) atoms. The highest BCUT2D eigenvalue weighted by Gasteiger charge is 2.38. The van der Waals surface area contributed by atoms with Gasteiger partial charge >= 0.3 is 0 Å². The molecule has 2 heterocycles. The molecule has 1 aromatic rings. The van der Waals surface area contributed by atoms with Crippen LogP contribution in [0.5, 0.6) is 5.75 Å². The van der Waals surface area contributed by atoms with E-state index in [-0.39, 0.29) is 0 Å². The van der Waals surface area contributed by atoms with Gasteiger partial charge in [-0.15, -0.1) is 0 Å². The van der Waals surface area contributed by atoms with Crippen molar-refractivity contribution in [2.24, 2.45) is 0 Å². The number of likely N-dealkylation sites (tertiary alicyclic amines) is 1. The number of hydrogen-bond acceptors (Lipinski definition) is 4. The monoisotopic (exact) mass is 288 g/mol. The second-order valence-corrected chi connectivity index (χ2v) is 6.58. The van der Waals surface area contributed by atoms with Crippen molar-refractivity contribution < 1.29 is 9.47 Å². The van der Waals surface area contributed by atoms with Crippen LogP contribution in [0.1, 0.15) is 18.4 Å². The average molecular weight is 288 g/mol. The highest BCUT2D eigenvalue weighted by Crippen LogP contribution is 2.31. The minimum absolute atomic E-state index is 0.375. The summed E-state index contributed by atoms with van der Waals surface area (Å²) in [5.74, 6) is 1.07. The molecule has 114 valence electrons. The maximum absolute atomic E-state index is 6.04. The van der Waals surface area contributed by atoms with E-state index in [2.05, 4.69) is 41.1 Å². The lowest BCUT2D eigenvalue weighted by Crippen LogP contribution is -2.48. The fourth-order valence-electron chi connectivity index (χ4n) is 3.42. The van der Waals surface area contributed by atoms with E-state index in [0.717, 1.165) is 38.5 Å². The molecular formula is C17H24N2O2. The molecule has 1 saturated carbocycles. The SMILES string of the molecule is CN1CCO[C@@H]2CN(Cc3ccccc3OC3CC3)C[C@@H]21. The fraction of sp³-hybridized carbons (Fsp3) is 0.647. The van der Waals surface area contributed by atoms with Gasteiger partial charge in [-0.3, -0.25) is 9.80 Å². The first-order chi connectivity index (χ1) is 10.3. The van der Waals surface area contributed by atoms with Crippen molar-refractivity contribution in [1.82, 2.24) is 9.80 Å². The standard InChI is InChI=1S/C17H24N2O2/c1-18-8-9-20-17-12-19(11-15(17)18)10-13-4-2-3-5-16(13)21-14-6-7-14/h2-5,14-15,17H,6-12H2,1H3/t15-,17+/m0/s1. The number of fused-ring (bicyclic) bond motifs is 1. The van der Waals surface area contributed by atoms with Gasteiger partial charge in [0.05, 0.1) is 18.8 Å². The van der Waals surface area contributed by atoms with Crippen LogP contribution in [0.25, 0.3) is 0 Å². The molecule has 3 fully saturated rings. The number of benzene rings is 1. The van der Waals surface area contributed by atoms with Crippen molar-refractivity contribution in [2.75, 3.05) is 33.3 Å². The van der Waals surface area contributed by atoms with Crippen LogP contribution in [0.4, 0.5) is 0 Å². The lowest BCUT2D eigenvalue weighted by Gasteiger charge is -2.33. The largest absolute Gasteiger partial charge is 0.490 e. The van der Waals surface area contributed by atoms with Crippen LogP contribution >= 0.6 is 0 Å². The van der Waals surface area contributed by atoms with Crippen LogP contribution in [-0.4, -0.2) is 61.3 Å². The predicted octanol–water partition coefficient (Wildman–Crippen LogP) is 1.74. The summed E-state index contributed by atoms with van der Waals surface area (Å²) in [4.78, 5) is 4.95. The van der Waals surface area contributed by atoms with Gasteiger partial charge in [0, 0.05) is 37.8 Å². The summed E-state index contributed by atoms with van der Waals surface area (Å²) >= 11 is 0. The normalized spacial score (nSPS) is 30.3. The van der Waals surface area contributed by atoms with E-state index < -0.39 is 0 Å². The van der Waals surface area contributed by atoms with Gasteiger partial charge in [0.1, 0.15) is 5.75 Å². The smallest absolute Gasteiger partial charge is 0.124 e. The second kappa shape index (κ2) is 5.59. The maximum atomic E-state index is 6.04. The second-order valence-electron chi connectivity index (χ2n) is 6.58. The Kier molecular flexibility index (Phi) is 3.61. The lowest BCUT2D eigenvalue weighted by molar-refractivity contribution is -0.0370. The van der Waals surface area contributed by atoms with E-state index >= 15 is 0 Å². The molecule has 4 nitrogen and oxygen atoms in total. The quantitative estimate of drug-likeness (QED) is 0.842. The summed E-state index contributed by atoms with van der Waals surface area (Å²) in [5, 5.41) is 0.